The average molecular weight is 325 g/mol. The summed E-state index contributed by atoms with van der Waals surface area (Å²) in [6.07, 6.45) is 2.76. The maximum Gasteiger partial charge on any atom is 0.258 e. The maximum atomic E-state index is 13.0. The van der Waals surface area contributed by atoms with Crippen LogP contribution in [0.25, 0.3) is 0 Å². The summed E-state index contributed by atoms with van der Waals surface area (Å²) in [4.78, 5) is 28.2. The summed E-state index contributed by atoms with van der Waals surface area (Å²) in [5.74, 6) is -0.508. The Bertz CT molecular complexity index is 797. The van der Waals surface area contributed by atoms with Crippen molar-refractivity contribution in [2.24, 2.45) is 0 Å². The molecule has 0 bridgehead atoms. The number of fused-ring (bicyclic) bond motifs is 2. The summed E-state index contributed by atoms with van der Waals surface area (Å²) >= 11 is 0. The molecular weight excluding hydrogens is 306 g/mol. The lowest BCUT2D eigenvalue weighted by Gasteiger charge is -2.29. The summed E-state index contributed by atoms with van der Waals surface area (Å²) in [5.41, 5.74) is 1.95. The Balaban J connectivity index is 1.85. The fourth-order valence-electron chi connectivity index (χ4n) is 4.33. The first-order valence-corrected chi connectivity index (χ1v) is 8.36. The number of hydrogen-bond donors (Lipinski definition) is 1. The predicted octanol–water partition coefficient (Wildman–Crippen LogP) is 1.09. The Kier molecular flexibility index (Phi) is 3.27. The van der Waals surface area contributed by atoms with E-state index in [0.29, 0.717) is 24.2 Å². The molecule has 24 heavy (non-hydrogen) atoms. The van der Waals surface area contributed by atoms with Crippen LogP contribution in [-0.4, -0.2) is 40.1 Å². The van der Waals surface area contributed by atoms with Crippen LogP contribution in [0.15, 0.2) is 12.1 Å². The molecule has 1 unspecified atom stereocenters. The Morgan fingerprint density at radius 2 is 1.92 bits per heavy atom. The second-order valence-corrected chi connectivity index (χ2v) is 6.87. The summed E-state index contributed by atoms with van der Waals surface area (Å²) in [7, 11) is 0. The fraction of sp³-hybridized carbons (Fsp3) is 0.500. The third kappa shape index (κ3) is 1.77. The first-order chi connectivity index (χ1) is 11.5. The first kappa shape index (κ1) is 15.3. The van der Waals surface area contributed by atoms with Gasteiger partial charge in [-0.25, -0.2) is 4.90 Å². The highest BCUT2D eigenvalue weighted by atomic mass is 16.3. The van der Waals surface area contributed by atoms with Crippen LogP contribution in [0.3, 0.4) is 0 Å². The molecule has 2 atom stereocenters. The number of carbonyl (C=O) groups excluding carboxylic acids is 2. The normalized spacial score (nSPS) is 29.5. The lowest BCUT2D eigenvalue weighted by atomic mass is 9.86. The van der Waals surface area contributed by atoms with E-state index in [0.717, 1.165) is 36.8 Å². The number of nitrogens with zero attached hydrogens (tertiary/aromatic N) is 3. The van der Waals surface area contributed by atoms with Gasteiger partial charge >= 0.3 is 0 Å². The Labute approximate surface area is 140 Å². The van der Waals surface area contributed by atoms with Crippen LogP contribution in [0.1, 0.15) is 42.9 Å². The van der Waals surface area contributed by atoms with Gasteiger partial charge in [-0.05, 0) is 55.9 Å². The maximum absolute atomic E-state index is 13.0. The van der Waals surface area contributed by atoms with E-state index in [-0.39, 0.29) is 11.7 Å². The summed E-state index contributed by atoms with van der Waals surface area (Å²) in [6.45, 7) is 1.99. The van der Waals surface area contributed by atoms with Crippen LogP contribution < -0.4 is 4.90 Å². The van der Waals surface area contributed by atoms with Gasteiger partial charge in [0, 0.05) is 13.0 Å². The van der Waals surface area contributed by atoms with Crippen LogP contribution in [0.4, 0.5) is 5.69 Å². The van der Waals surface area contributed by atoms with E-state index in [2.05, 4.69) is 6.07 Å². The van der Waals surface area contributed by atoms with Gasteiger partial charge < -0.3 is 5.11 Å². The molecule has 6 heteroatoms. The largest absolute Gasteiger partial charge is 0.360 e. The molecule has 4 rings (SSSR count). The molecule has 1 aliphatic carbocycles. The van der Waals surface area contributed by atoms with Crippen LogP contribution >= 0.6 is 0 Å². The zero-order valence-corrected chi connectivity index (χ0v) is 13.6. The first-order valence-electron chi connectivity index (χ1n) is 8.36. The fourth-order valence-corrected chi connectivity index (χ4v) is 4.33. The van der Waals surface area contributed by atoms with E-state index in [4.69, 9.17) is 0 Å². The molecule has 2 fully saturated rings. The number of carbonyl (C=O) groups is 2. The minimum absolute atomic E-state index is 0.142. The molecule has 2 aliphatic heterocycles. The number of aliphatic hydroxyl groups excluding tert-OH is 1. The van der Waals surface area contributed by atoms with E-state index < -0.39 is 11.9 Å². The average Bonchev–Trinajstić information content (AvgIpc) is 3.00. The van der Waals surface area contributed by atoms with Crippen molar-refractivity contribution >= 4 is 17.4 Å². The van der Waals surface area contributed by atoms with Gasteiger partial charge in [-0.1, -0.05) is 0 Å². The monoisotopic (exact) mass is 325 g/mol. The number of ketones is 1. The van der Waals surface area contributed by atoms with E-state index in [1.807, 2.05) is 0 Å². The number of aliphatic hydroxyl groups is 1. The Hall–Kier alpha value is -2.23. The van der Waals surface area contributed by atoms with Crippen molar-refractivity contribution in [2.75, 3.05) is 11.4 Å². The summed E-state index contributed by atoms with van der Waals surface area (Å²) in [6, 6.07) is 5.67. The quantitative estimate of drug-likeness (QED) is 0.782. The third-order valence-corrected chi connectivity index (χ3v) is 5.73. The molecule has 1 aromatic rings. The van der Waals surface area contributed by atoms with Gasteiger partial charge in [0.25, 0.3) is 5.91 Å². The van der Waals surface area contributed by atoms with Crippen LogP contribution in [0.5, 0.6) is 0 Å². The van der Waals surface area contributed by atoms with Gasteiger partial charge in [0.1, 0.15) is 0 Å². The topological polar surface area (TPSA) is 84.6 Å². The highest BCUT2D eigenvalue weighted by molar-refractivity contribution is 6.19. The van der Waals surface area contributed by atoms with E-state index >= 15 is 0 Å². The Morgan fingerprint density at radius 3 is 2.58 bits per heavy atom. The van der Waals surface area contributed by atoms with Crippen molar-refractivity contribution < 1.29 is 14.7 Å². The van der Waals surface area contributed by atoms with Crippen LogP contribution in [0.2, 0.25) is 0 Å². The number of nitriles is 1. The molecule has 3 aliphatic rings. The molecule has 0 saturated carbocycles. The molecule has 2 heterocycles. The minimum Gasteiger partial charge on any atom is -0.360 e. The molecule has 124 valence electrons. The van der Waals surface area contributed by atoms with Gasteiger partial charge in [-0.15, -0.1) is 0 Å². The van der Waals surface area contributed by atoms with Crippen molar-refractivity contribution in [1.29, 1.82) is 5.26 Å². The summed E-state index contributed by atoms with van der Waals surface area (Å²) < 4.78 is 0. The molecule has 0 radical (unpaired) electrons. The Morgan fingerprint density at radius 1 is 1.21 bits per heavy atom. The molecule has 0 aromatic heterocycles. The lowest BCUT2D eigenvalue weighted by Crippen LogP contribution is -2.47. The standard InChI is InChI=1S/C18H19N3O3/c1-18-15(22)8-9-20(18)17(24)21(16(18)23)14-7-6-11(10-19)12-4-2-3-5-13(12)14/h6-7,17,24H,2-5,8-9H2,1H3/t17?,18-/m0/s1. The van der Waals surface area contributed by atoms with E-state index in [1.54, 1.807) is 24.0 Å². The van der Waals surface area contributed by atoms with Gasteiger partial charge in [0.15, 0.2) is 17.7 Å². The van der Waals surface area contributed by atoms with Gasteiger partial charge in [-0.3, -0.25) is 14.5 Å². The van der Waals surface area contributed by atoms with Crippen molar-refractivity contribution in [2.45, 2.75) is 50.9 Å². The number of amides is 1. The van der Waals surface area contributed by atoms with Crippen molar-refractivity contribution in [1.82, 2.24) is 4.90 Å². The van der Waals surface area contributed by atoms with Gasteiger partial charge in [0.05, 0.1) is 17.3 Å². The molecule has 6 nitrogen and oxygen atoms in total. The number of anilines is 1. The molecule has 2 saturated heterocycles. The predicted molar refractivity (Wildman–Crippen MR) is 86.0 cm³/mol. The third-order valence-electron chi connectivity index (χ3n) is 5.73. The molecule has 1 aromatic carbocycles. The van der Waals surface area contributed by atoms with E-state index in [9.17, 15) is 20.0 Å². The van der Waals surface area contributed by atoms with Crippen LogP contribution in [0, 0.1) is 11.3 Å². The molecular formula is C18H19N3O3. The van der Waals surface area contributed by atoms with Gasteiger partial charge in [0.2, 0.25) is 0 Å². The highest BCUT2D eigenvalue weighted by Gasteiger charge is 2.62. The second-order valence-electron chi connectivity index (χ2n) is 6.87. The smallest absolute Gasteiger partial charge is 0.258 e. The van der Waals surface area contributed by atoms with Crippen molar-refractivity contribution in [3.05, 3.63) is 28.8 Å². The minimum atomic E-state index is -1.27. The number of hydrogen-bond acceptors (Lipinski definition) is 5. The number of benzene rings is 1. The zero-order valence-electron chi connectivity index (χ0n) is 13.6. The SMILES string of the molecule is C[C@@]12C(=O)CCN1C(O)N(c1ccc(C#N)c3c1CCCC3)C2=O. The molecule has 1 N–H and O–H groups in total. The summed E-state index contributed by atoms with van der Waals surface area (Å²) in [5, 5.41) is 20.0. The van der Waals surface area contributed by atoms with E-state index in [1.165, 1.54) is 4.90 Å². The molecule has 1 amide bonds. The second kappa shape index (κ2) is 5.13. The highest BCUT2D eigenvalue weighted by Crippen LogP contribution is 2.42. The number of rotatable bonds is 1. The zero-order chi connectivity index (χ0) is 17.1. The lowest BCUT2D eigenvalue weighted by molar-refractivity contribution is -0.133. The van der Waals surface area contributed by atoms with Crippen molar-refractivity contribution in [3.8, 4) is 6.07 Å². The molecule has 0 spiro atoms. The number of Topliss-reactive ketones (excluding diaryl/α,β-unsaturated/α-hetero) is 1. The van der Waals surface area contributed by atoms with Crippen LogP contribution in [-0.2, 0) is 22.4 Å². The van der Waals surface area contributed by atoms with Crippen molar-refractivity contribution in [3.63, 3.8) is 0 Å². The van der Waals surface area contributed by atoms with Gasteiger partial charge in [-0.2, -0.15) is 5.26 Å².